The summed E-state index contributed by atoms with van der Waals surface area (Å²) in [4.78, 5) is 1.57. The Balaban J connectivity index is 0.000000531. The van der Waals surface area contributed by atoms with Crippen LogP contribution in [0.15, 0.2) is 169 Å². The molecule has 6 nitrogen and oxygen atoms in total. The number of hydrogen-bond donors (Lipinski definition) is 5. The predicted molar refractivity (Wildman–Crippen MR) is 256 cm³/mol. The Labute approximate surface area is 364 Å². The van der Waals surface area contributed by atoms with E-state index in [1.54, 1.807) is 36.2 Å². The van der Waals surface area contributed by atoms with Crippen molar-refractivity contribution in [3.8, 4) is 51.0 Å². The minimum absolute atomic E-state index is 0.0989. The van der Waals surface area contributed by atoms with E-state index in [1.807, 2.05) is 50.2 Å². The number of aromatic hydroxyl groups is 5. The number of phenolic OH excluding ortho intramolecular Hbond substituents is 5. The van der Waals surface area contributed by atoms with Gasteiger partial charge in [0.25, 0.3) is 0 Å². The van der Waals surface area contributed by atoms with E-state index in [4.69, 9.17) is 0 Å². The normalized spacial score (nSPS) is 17.2. The third-order valence-corrected chi connectivity index (χ3v) is 12.3. The molecule has 0 aliphatic heterocycles. The lowest BCUT2D eigenvalue weighted by molar-refractivity contribution is 0.376. The van der Waals surface area contributed by atoms with Crippen molar-refractivity contribution in [1.29, 1.82) is 0 Å². The molecule has 0 saturated carbocycles. The first kappa shape index (κ1) is 41.5. The highest BCUT2D eigenvalue weighted by Gasteiger charge is 2.47. The van der Waals surface area contributed by atoms with Crippen molar-refractivity contribution >= 4 is 32.9 Å². The first-order valence-electron chi connectivity index (χ1n) is 21.6. The van der Waals surface area contributed by atoms with E-state index < -0.39 is 28.4 Å². The molecule has 7 aromatic carbocycles. The highest BCUT2D eigenvalue weighted by atomic mass is 16.3. The average molecular weight is 820 g/mol. The summed E-state index contributed by atoms with van der Waals surface area (Å²) in [5.74, 6) is -2.03. The summed E-state index contributed by atoms with van der Waals surface area (Å²) in [7, 11) is 1.68. The van der Waals surface area contributed by atoms with Crippen LogP contribution in [0.5, 0.6) is 28.7 Å². The van der Waals surface area contributed by atoms with Gasteiger partial charge in [0, 0.05) is 23.7 Å². The van der Waals surface area contributed by atoms with Gasteiger partial charge in [-0.15, -0.1) is 0 Å². The first-order valence-corrected chi connectivity index (χ1v) is 21.6. The smallest absolute Gasteiger partial charge is 0.186 e. The van der Waals surface area contributed by atoms with Gasteiger partial charge in [-0.25, -0.2) is 0 Å². The topological polar surface area (TPSA) is 104 Å². The molecule has 0 bridgehead atoms. The van der Waals surface area contributed by atoms with Crippen LogP contribution in [0, 0.1) is 5.92 Å². The standard InChI is InChI=1S/C47H37NO5.C7H10.C2H6/c1-48(41-45(52)43(50)40(44(51)46(41)53)39-35-22-11-9-19-31(35)32-20-10-12-23-36(32)42(39)49)30-25-26-34-33-21-13-14-24-37(33)47(38(34)27-30,29-17-7-4-8-18-29)28-15-5-2-3-6-16-28;1-7-5-3-2-4-6-7;1-2/h4-5,7-27,49-53H,2-3,6H2,1H3;2-5,7H,6H2,1H3;1-2H3. The fourth-order valence-electron chi connectivity index (χ4n) is 9.45. The van der Waals surface area contributed by atoms with Crippen LogP contribution in [0.2, 0.25) is 0 Å². The molecule has 0 spiro atoms. The van der Waals surface area contributed by atoms with Crippen LogP contribution in [0.3, 0.4) is 0 Å². The summed E-state index contributed by atoms with van der Waals surface area (Å²) in [6, 6.07) is 39.6. The number of fused-ring (bicyclic) bond motifs is 6. The van der Waals surface area contributed by atoms with E-state index in [0.29, 0.717) is 16.5 Å². The summed E-state index contributed by atoms with van der Waals surface area (Å²) in [5, 5.41) is 61.1. The molecule has 0 radical (unpaired) electrons. The van der Waals surface area contributed by atoms with E-state index in [0.717, 1.165) is 58.2 Å². The van der Waals surface area contributed by atoms with Crippen LogP contribution in [0.4, 0.5) is 11.4 Å². The number of hydrogen-bond acceptors (Lipinski definition) is 6. The van der Waals surface area contributed by atoms with E-state index >= 15 is 0 Å². The van der Waals surface area contributed by atoms with Gasteiger partial charge in [0.15, 0.2) is 23.0 Å². The van der Waals surface area contributed by atoms with Crippen molar-refractivity contribution in [3.63, 3.8) is 0 Å². The third-order valence-electron chi connectivity index (χ3n) is 12.3. The molecule has 6 heteroatoms. The summed E-state index contributed by atoms with van der Waals surface area (Å²) in [6.07, 6.45) is 19.7. The quantitative estimate of drug-likeness (QED) is 0.0673. The molecule has 0 amide bonds. The van der Waals surface area contributed by atoms with Gasteiger partial charge in [-0.05, 0) is 93.3 Å². The molecule has 0 fully saturated rings. The van der Waals surface area contributed by atoms with Crippen LogP contribution in [-0.4, -0.2) is 32.6 Å². The Morgan fingerprint density at radius 2 is 1.18 bits per heavy atom. The van der Waals surface area contributed by atoms with Gasteiger partial charge in [-0.2, -0.15) is 0 Å². The van der Waals surface area contributed by atoms with Crippen LogP contribution < -0.4 is 4.90 Å². The number of allylic oxidation sites excluding steroid dienone is 8. The molecule has 0 aromatic heterocycles. The van der Waals surface area contributed by atoms with Gasteiger partial charge >= 0.3 is 0 Å². The largest absolute Gasteiger partial charge is 0.507 e. The molecule has 2 atom stereocenters. The maximum Gasteiger partial charge on any atom is 0.186 e. The van der Waals surface area contributed by atoms with Crippen molar-refractivity contribution in [3.05, 3.63) is 186 Å². The molecule has 7 aromatic rings. The SMILES string of the molecule is CC.CC1C=CC=CC1.CN(c1ccc2c(c1)C(C1=CCCCC=C1)(c1ccccc1)c1ccccc1-2)c1c(O)c(O)c(-c2c(O)c3ccccc3c3ccccc23)c(O)c1O. The van der Waals surface area contributed by atoms with E-state index in [9.17, 15) is 25.5 Å². The summed E-state index contributed by atoms with van der Waals surface area (Å²) < 4.78 is 0. The fraction of sp³-hybridized carbons (Fsp3) is 0.179. The minimum atomic E-state index is -0.668. The third kappa shape index (κ3) is 6.86. The molecule has 3 aliphatic carbocycles. The van der Waals surface area contributed by atoms with Gasteiger partial charge in [-0.3, -0.25) is 0 Å². The van der Waals surface area contributed by atoms with Crippen LogP contribution in [-0.2, 0) is 5.41 Å². The first-order chi connectivity index (χ1) is 30.2. The average Bonchev–Trinajstić information content (AvgIpc) is 3.41. The molecule has 0 saturated heterocycles. The zero-order valence-corrected chi connectivity index (χ0v) is 35.7. The lowest BCUT2D eigenvalue weighted by atomic mass is 9.67. The Bertz CT molecular complexity index is 2890. The summed E-state index contributed by atoms with van der Waals surface area (Å²) in [6.45, 7) is 6.22. The molecule has 3 aliphatic rings. The number of anilines is 2. The lowest BCUT2D eigenvalue weighted by Crippen LogP contribution is -2.29. The minimum Gasteiger partial charge on any atom is -0.507 e. The van der Waals surface area contributed by atoms with Gasteiger partial charge in [0.2, 0.25) is 0 Å². The van der Waals surface area contributed by atoms with Gasteiger partial charge in [0.1, 0.15) is 11.4 Å². The predicted octanol–water partition coefficient (Wildman–Crippen LogP) is 14.1. The van der Waals surface area contributed by atoms with Crippen LogP contribution in [0.1, 0.15) is 63.1 Å². The Morgan fingerprint density at radius 3 is 1.84 bits per heavy atom. The Hall–Kier alpha value is -7.18. The zero-order chi connectivity index (χ0) is 43.5. The molecular formula is C56H53NO5. The van der Waals surface area contributed by atoms with E-state index in [1.165, 1.54) is 17.6 Å². The second-order valence-electron chi connectivity index (χ2n) is 15.9. The zero-order valence-electron chi connectivity index (χ0n) is 35.7. The highest BCUT2D eigenvalue weighted by Crippen LogP contribution is 2.61. The van der Waals surface area contributed by atoms with Crippen LogP contribution in [0.25, 0.3) is 43.8 Å². The van der Waals surface area contributed by atoms with Gasteiger partial charge in [0.05, 0.1) is 11.0 Å². The Kier molecular flexibility index (Phi) is 11.7. The molecular weight excluding hydrogens is 767 g/mol. The molecule has 10 rings (SSSR count). The van der Waals surface area contributed by atoms with Crippen LogP contribution >= 0.6 is 0 Å². The van der Waals surface area contributed by atoms with Crippen molar-refractivity contribution < 1.29 is 25.5 Å². The highest BCUT2D eigenvalue weighted by molar-refractivity contribution is 6.19. The number of nitrogens with zero attached hydrogens (tertiary/aromatic N) is 1. The molecule has 312 valence electrons. The fourth-order valence-corrected chi connectivity index (χ4v) is 9.45. The second-order valence-corrected chi connectivity index (χ2v) is 15.9. The molecule has 0 heterocycles. The second kappa shape index (κ2) is 17.4. The van der Waals surface area contributed by atoms with E-state index in [2.05, 4.69) is 110 Å². The molecule has 5 N–H and O–H groups in total. The summed E-state index contributed by atoms with van der Waals surface area (Å²) in [5.41, 5.74) is 6.36. The van der Waals surface area contributed by atoms with E-state index in [-0.39, 0.29) is 22.6 Å². The number of benzene rings is 7. The lowest BCUT2D eigenvalue weighted by Gasteiger charge is -2.35. The number of phenols is 5. The van der Waals surface area contributed by atoms with Crippen molar-refractivity contribution in [1.82, 2.24) is 0 Å². The molecule has 2 unspecified atom stereocenters. The number of rotatable bonds is 5. The van der Waals surface area contributed by atoms with Crippen molar-refractivity contribution in [2.24, 2.45) is 5.92 Å². The van der Waals surface area contributed by atoms with Gasteiger partial charge < -0.3 is 30.4 Å². The maximum atomic E-state index is 11.7. The Morgan fingerprint density at radius 1 is 0.565 bits per heavy atom. The van der Waals surface area contributed by atoms with Gasteiger partial charge in [-0.1, -0.05) is 172 Å². The van der Waals surface area contributed by atoms with Crippen molar-refractivity contribution in [2.75, 3.05) is 11.9 Å². The monoisotopic (exact) mass is 819 g/mol. The summed E-state index contributed by atoms with van der Waals surface area (Å²) >= 11 is 0. The maximum absolute atomic E-state index is 11.7. The molecule has 62 heavy (non-hydrogen) atoms. The van der Waals surface area contributed by atoms with Crippen molar-refractivity contribution in [2.45, 2.75) is 51.9 Å².